The summed E-state index contributed by atoms with van der Waals surface area (Å²) in [5.74, 6) is -0.243. The Hall–Kier alpha value is -4.19. The lowest BCUT2D eigenvalue weighted by atomic mass is 9.70. The smallest absolute Gasteiger partial charge is 0.254 e. The van der Waals surface area contributed by atoms with E-state index in [2.05, 4.69) is 14.5 Å². The van der Waals surface area contributed by atoms with Crippen molar-refractivity contribution in [3.05, 3.63) is 88.1 Å². The number of anilines is 3. The van der Waals surface area contributed by atoms with E-state index in [1.165, 1.54) is 12.1 Å². The molecule has 1 aromatic heterocycles. The van der Waals surface area contributed by atoms with E-state index in [0.717, 1.165) is 24.2 Å². The van der Waals surface area contributed by atoms with Crippen LogP contribution in [-0.4, -0.2) is 74.6 Å². The van der Waals surface area contributed by atoms with Crippen molar-refractivity contribution in [2.75, 3.05) is 59.5 Å². The van der Waals surface area contributed by atoms with E-state index in [1.807, 2.05) is 30.5 Å². The molecule has 3 aromatic rings. The molecule has 4 unspecified atom stereocenters. The van der Waals surface area contributed by atoms with Gasteiger partial charge in [-0.25, -0.2) is 12.8 Å². The molecule has 0 spiro atoms. The first kappa shape index (κ1) is 33.0. The Labute approximate surface area is 292 Å². The summed E-state index contributed by atoms with van der Waals surface area (Å²) < 4.78 is 46.5. The van der Waals surface area contributed by atoms with E-state index in [-0.39, 0.29) is 46.6 Å². The second-order valence-corrected chi connectivity index (χ2v) is 17.3. The Balaban J connectivity index is 1.08. The predicted octanol–water partition coefficient (Wildman–Crippen LogP) is 4.71. The summed E-state index contributed by atoms with van der Waals surface area (Å²) in [6, 6.07) is 17.0. The number of amides is 1. The Morgan fingerprint density at radius 3 is 2.40 bits per heavy atom. The number of halogens is 1. The zero-order chi connectivity index (χ0) is 35.0. The first-order valence-electron chi connectivity index (χ1n) is 17.8. The maximum Gasteiger partial charge on any atom is 0.254 e. The van der Waals surface area contributed by atoms with Gasteiger partial charge in [-0.05, 0) is 85.0 Å². The van der Waals surface area contributed by atoms with E-state index < -0.39 is 20.9 Å². The molecule has 2 saturated heterocycles. The summed E-state index contributed by atoms with van der Waals surface area (Å²) in [6.07, 6.45) is 2.78. The van der Waals surface area contributed by atoms with Crippen molar-refractivity contribution in [1.29, 1.82) is 0 Å². The minimum absolute atomic E-state index is 0.00151. The third-order valence-electron chi connectivity index (χ3n) is 12.7. The molecule has 8 rings (SSSR count). The predicted molar refractivity (Wildman–Crippen MR) is 191 cm³/mol. The van der Waals surface area contributed by atoms with Crippen molar-refractivity contribution < 1.29 is 22.4 Å². The number of piperidine rings is 1. The number of hydrogen-bond acceptors (Lipinski definition) is 7. The number of rotatable bonds is 7. The maximum atomic E-state index is 14.1. The molecular weight excluding hydrogens is 658 g/mol. The SMILES string of the molecule is CC1(C)C2CCC1(CS(=O)(=O)Nc1cc(C(=O)N3CCN(c4ccc(F)cc4)CC3)ccc1N1CC3CC(C1)c1cccc(=O)n1C3)C(=O)C2. The molecule has 2 saturated carbocycles. The second-order valence-electron chi connectivity index (χ2n) is 15.6. The lowest BCUT2D eigenvalue weighted by Crippen LogP contribution is -2.49. The van der Waals surface area contributed by atoms with Crippen molar-refractivity contribution in [1.82, 2.24) is 9.47 Å². The molecule has 10 nitrogen and oxygen atoms in total. The first-order valence-corrected chi connectivity index (χ1v) is 19.4. The van der Waals surface area contributed by atoms with Crippen LogP contribution in [0.5, 0.6) is 0 Å². The highest BCUT2D eigenvalue weighted by Gasteiger charge is 2.65. The monoisotopic (exact) mass is 701 g/mol. The molecule has 2 aromatic carbocycles. The minimum atomic E-state index is -4.01. The zero-order valence-electron chi connectivity index (χ0n) is 28.6. The molecule has 4 bridgehead atoms. The summed E-state index contributed by atoms with van der Waals surface area (Å²) in [5, 5.41) is 0. The summed E-state index contributed by atoms with van der Waals surface area (Å²) in [5.41, 5.74) is 1.95. The third-order valence-corrected chi connectivity index (χ3v) is 14.1. The number of fused-ring (bicyclic) bond motifs is 6. The highest BCUT2D eigenvalue weighted by molar-refractivity contribution is 7.92. The second kappa shape index (κ2) is 12.0. The molecule has 50 heavy (non-hydrogen) atoms. The van der Waals surface area contributed by atoms with Gasteiger partial charge in [0.1, 0.15) is 11.6 Å². The average Bonchev–Trinajstić information content (AvgIpc) is 3.43. The van der Waals surface area contributed by atoms with Crippen LogP contribution in [0.1, 0.15) is 61.5 Å². The summed E-state index contributed by atoms with van der Waals surface area (Å²) in [6.45, 7) is 8.01. The first-order chi connectivity index (χ1) is 23.8. The van der Waals surface area contributed by atoms with Crippen LogP contribution < -0.4 is 20.1 Å². The Morgan fingerprint density at radius 1 is 0.940 bits per heavy atom. The Morgan fingerprint density at radius 2 is 1.70 bits per heavy atom. The molecule has 0 radical (unpaired) electrons. The molecule has 1 amide bonds. The average molecular weight is 702 g/mol. The Bertz CT molecular complexity index is 2020. The number of piperazine rings is 1. The van der Waals surface area contributed by atoms with Crippen LogP contribution in [0, 0.1) is 28.5 Å². The molecule has 2 aliphatic carbocycles. The van der Waals surface area contributed by atoms with E-state index in [4.69, 9.17) is 0 Å². The van der Waals surface area contributed by atoms with E-state index in [9.17, 15) is 27.2 Å². The normalized spacial score (nSPS) is 27.0. The minimum Gasteiger partial charge on any atom is -0.369 e. The van der Waals surface area contributed by atoms with Crippen LogP contribution in [0.4, 0.5) is 21.5 Å². The van der Waals surface area contributed by atoms with Crippen LogP contribution in [-0.2, 0) is 21.4 Å². The van der Waals surface area contributed by atoms with Gasteiger partial charge in [0.05, 0.1) is 22.5 Å². The van der Waals surface area contributed by atoms with Gasteiger partial charge in [0.15, 0.2) is 0 Å². The largest absolute Gasteiger partial charge is 0.369 e. The van der Waals surface area contributed by atoms with E-state index >= 15 is 0 Å². The number of Topliss-reactive ketones (excluding diaryl/α,β-unsaturated/α-hetero) is 1. The van der Waals surface area contributed by atoms with Gasteiger partial charge in [-0.1, -0.05) is 19.9 Å². The topological polar surface area (TPSA) is 112 Å². The number of aromatic nitrogens is 1. The molecule has 4 heterocycles. The van der Waals surface area contributed by atoms with Crippen LogP contribution >= 0.6 is 0 Å². The van der Waals surface area contributed by atoms with Gasteiger partial charge in [-0.15, -0.1) is 0 Å². The van der Waals surface area contributed by atoms with E-state index in [1.54, 1.807) is 41.3 Å². The Kier molecular flexibility index (Phi) is 7.89. The number of sulfonamides is 1. The van der Waals surface area contributed by atoms with Gasteiger partial charge in [-0.2, -0.15) is 0 Å². The van der Waals surface area contributed by atoms with Crippen molar-refractivity contribution in [2.45, 2.75) is 52.0 Å². The van der Waals surface area contributed by atoms with E-state index in [0.29, 0.717) is 75.6 Å². The highest BCUT2D eigenvalue weighted by atomic mass is 32.2. The quantitative estimate of drug-likeness (QED) is 0.380. The van der Waals surface area contributed by atoms with Crippen molar-refractivity contribution >= 4 is 38.8 Å². The van der Waals surface area contributed by atoms with Crippen molar-refractivity contribution in [3.63, 3.8) is 0 Å². The molecule has 4 atom stereocenters. The number of carbonyl (C=O) groups excluding carboxylic acids is 2. The molecule has 1 N–H and O–H groups in total. The fraction of sp³-hybridized carbons (Fsp3) is 0.500. The summed E-state index contributed by atoms with van der Waals surface area (Å²) in [7, 11) is -4.01. The van der Waals surface area contributed by atoms with Gasteiger partial charge < -0.3 is 19.3 Å². The van der Waals surface area contributed by atoms with Gasteiger partial charge in [-0.3, -0.25) is 19.1 Å². The van der Waals surface area contributed by atoms with Crippen LogP contribution in [0.3, 0.4) is 0 Å². The lowest BCUT2D eigenvalue weighted by Gasteiger charge is -2.44. The van der Waals surface area contributed by atoms with Crippen LogP contribution in [0.15, 0.2) is 65.5 Å². The van der Waals surface area contributed by atoms with Gasteiger partial charge >= 0.3 is 0 Å². The standard InChI is InChI=1S/C38H44FN5O5S/c1-37(2)28-12-13-38(37,34(45)20-28)24-50(48,49)40-31-19-26(36(47)42-16-14-41(15-17-42)30-9-7-29(39)8-10-30)6-11-33(31)43-21-25-18-27(23-43)32-4-3-5-35(46)44(32)22-25/h3-11,19,25,27-28,40H,12-18,20-24H2,1-2H3. The number of ketones is 1. The summed E-state index contributed by atoms with van der Waals surface area (Å²) in [4.78, 5) is 45.9. The van der Waals surface area contributed by atoms with Crippen LogP contribution in [0.25, 0.3) is 0 Å². The van der Waals surface area contributed by atoms with Crippen molar-refractivity contribution in [3.8, 4) is 0 Å². The fourth-order valence-corrected chi connectivity index (χ4v) is 11.7. The number of pyridine rings is 1. The molecule has 5 aliphatic rings. The fourth-order valence-electron chi connectivity index (χ4n) is 9.76. The van der Waals surface area contributed by atoms with Gasteiger partial charge in [0.25, 0.3) is 11.5 Å². The highest BCUT2D eigenvalue weighted by Crippen LogP contribution is 2.64. The number of nitrogens with one attached hydrogen (secondary N) is 1. The molecule has 264 valence electrons. The number of benzene rings is 2. The number of hydrogen-bond donors (Lipinski definition) is 1. The molecule has 3 aliphatic heterocycles. The van der Waals surface area contributed by atoms with Crippen molar-refractivity contribution in [2.24, 2.45) is 22.7 Å². The zero-order valence-corrected chi connectivity index (χ0v) is 29.4. The number of carbonyl (C=O) groups is 2. The lowest BCUT2D eigenvalue weighted by molar-refractivity contribution is -0.128. The maximum absolute atomic E-state index is 14.1. The van der Waals surface area contributed by atoms with Gasteiger partial charge in [0, 0.05) is 81.2 Å². The van der Waals surface area contributed by atoms with Gasteiger partial charge in [0.2, 0.25) is 10.0 Å². The molecule has 4 fully saturated rings. The third kappa shape index (κ3) is 5.50. The number of nitrogens with zero attached hydrogens (tertiary/aromatic N) is 4. The molecule has 12 heteroatoms. The molecular formula is C38H44FN5O5S. The summed E-state index contributed by atoms with van der Waals surface area (Å²) >= 11 is 0. The van der Waals surface area contributed by atoms with Crippen LogP contribution in [0.2, 0.25) is 0 Å².